The van der Waals surface area contributed by atoms with Crippen molar-refractivity contribution in [1.82, 2.24) is 10.2 Å². The maximum absolute atomic E-state index is 12.4. The molecule has 2 aromatic rings. The van der Waals surface area contributed by atoms with Crippen LogP contribution in [0.25, 0.3) is 11.1 Å². The number of likely N-dealkylation sites (tertiary alicyclic amines) is 1. The molecule has 3 rings (SSSR count). The number of hydrogen-bond acceptors (Lipinski definition) is 4. The van der Waals surface area contributed by atoms with Crippen molar-refractivity contribution in [3.8, 4) is 16.9 Å². The second-order valence-corrected chi connectivity index (χ2v) is 6.89. The van der Waals surface area contributed by atoms with E-state index < -0.39 is 6.10 Å². The highest BCUT2D eigenvalue weighted by molar-refractivity contribution is 5.81. The van der Waals surface area contributed by atoms with E-state index in [1.54, 1.807) is 11.8 Å². The summed E-state index contributed by atoms with van der Waals surface area (Å²) in [6.07, 6.45) is 0.500. The lowest BCUT2D eigenvalue weighted by molar-refractivity contribution is -0.128. The summed E-state index contributed by atoms with van der Waals surface area (Å²) in [6, 6.07) is 17.9. The highest BCUT2D eigenvalue weighted by Gasteiger charge is 2.26. The Morgan fingerprint density at radius 3 is 2.21 bits per heavy atom. The number of carbonyl (C=O) groups is 2. The quantitative estimate of drug-likeness (QED) is 0.860. The largest absolute Gasteiger partial charge is 0.481 e. The molecule has 6 nitrogen and oxygen atoms in total. The molecule has 0 saturated carbocycles. The number of nitrogens with zero attached hydrogens (tertiary/aromatic N) is 1. The predicted octanol–water partition coefficient (Wildman–Crippen LogP) is 3.47. The van der Waals surface area contributed by atoms with Crippen LogP contribution >= 0.6 is 0 Å². The Labute approximate surface area is 165 Å². The summed E-state index contributed by atoms with van der Waals surface area (Å²) in [7, 11) is 1.38. The first-order valence-corrected chi connectivity index (χ1v) is 9.52. The number of methoxy groups -OCH3 is 1. The number of benzene rings is 2. The highest BCUT2D eigenvalue weighted by Crippen LogP contribution is 2.22. The topological polar surface area (TPSA) is 67.9 Å². The second-order valence-electron chi connectivity index (χ2n) is 6.89. The van der Waals surface area contributed by atoms with Gasteiger partial charge in [-0.2, -0.15) is 0 Å². The van der Waals surface area contributed by atoms with Crippen molar-refractivity contribution in [2.24, 2.45) is 0 Å². The fraction of sp³-hybridized carbons (Fsp3) is 0.364. The van der Waals surface area contributed by atoms with Gasteiger partial charge in [-0.1, -0.05) is 42.5 Å². The van der Waals surface area contributed by atoms with E-state index >= 15 is 0 Å². The van der Waals surface area contributed by atoms with Crippen LogP contribution in [0.4, 0.5) is 4.79 Å². The van der Waals surface area contributed by atoms with E-state index in [0.29, 0.717) is 31.7 Å². The standard InChI is InChI=1S/C22H26N2O4/c1-16(21(25)23-19-12-14-24(15-13-19)22(26)27-2)28-20-10-8-18(9-11-20)17-6-4-3-5-7-17/h3-11,16,19H,12-15H2,1-2H3,(H,23,25). The van der Waals surface area contributed by atoms with Crippen LogP contribution in [0.3, 0.4) is 0 Å². The number of carbonyl (C=O) groups excluding carboxylic acids is 2. The van der Waals surface area contributed by atoms with E-state index in [9.17, 15) is 9.59 Å². The number of rotatable bonds is 5. The molecule has 1 fully saturated rings. The molecule has 0 radical (unpaired) electrons. The molecule has 6 heteroatoms. The fourth-order valence-electron chi connectivity index (χ4n) is 3.27. The van der Waals surface area contributed by atoms with Gasteiger partial charge in [-0.25, -0.2) is 4.79 Å². The third-order valence-corrected chi connectivity index (χ3v) is 4.92. The zero-order valence-corrected chi connectivity index (χ0v) is 16.3. The predicted molar refractivity (Wildman–Crippen MR) is 107 cm³/mol. The van der Waals surface area contributed by atoms with Gasteiger partial charge in [0.05, 0.1) is 7.11 Å². The van der Waals surface area contributed by atoms with E-state index in [1.807, 2.05) is 42.5 Å². The van der Waals surface area contributed by atoms with E-state index in [1.165, 1.54) is 7.11 Å². The zero-order valence-electron chi connectivity index (χ0n) is 16.3. The van der Waals surface area contributed by atoms with Crippen molar-refractivity contribution in [2.75, 3.05) is 20.2 Å². The summed E-state index contributed by atoms with van der Waals surface area (Å²) < 4.78 is 10.5. The van der Waals surface area contributed by atoms with Gasteiger partial charge >= 0.3 is 6.09 Å². The maximum atomic E-state index is 12.4. The molecular formula is C22H26N2O4. The number of ether oxygens (including phenoxy) is 2. The summed E-state index contributed by atoms with van der Waals surface area (Å²) in [5.74, 6) is 0.506. The van der Waals surface area contributed by atoms with Gasteiger partial charge in [-0.05, 0) is 43.0 Å². The monoisotopic (exact) mass is 382 g/mol. The number of hydrogen-bond donors (Lipinski definition) is 1. The maximum Gasteiger partial charge on any atom is 0.409 e. The van der Waals surface area contributed by atoms with Gasteiger partial charge in [0.25, 0.3) is 5.91 Å². The highest BCUT2D eigenvalue weighted by atomic mass is 16.5. The average molecular weight is 382 g/mol. The van der Waals surface area contributed by atoms with Gasteiger partial charge in [0.15, 0.2) is 6.10 Å². The minimum Gasteiger partial charge on any atom is -0.481 e. The van der Waals surface area contributed by atoms with Crippen molar-refractivity contribution in [3.05, 3.63) is 54.6 Å². The molecular weight excluding hydrogens is 356 g/mol. The Morgan fingerprint density at radius 1 is 1.00 bits per heavy atom. The summed E-state index contributed by atoms with van der Waals surface area (Å²) in [5.41, 5.74) is 2.24. The van der Waals surface area contributed by atoms with Crippen molar-refractivity contribution in [1.29, 1.82) is 0 Å². The molecule has 1 N–H and O–H groups in total. The lowest BCUT2D eigenvalue weighted by Gasteiger charge is -2.31. The summed E-state index contributed by atoms with van der Waals surface area (Å²) in [5, 5.41) is 3.01. The van der Waals surface area contributed by atoms with Gasteiger partial charge in [0, 0.05) is 19.1 Å². The van der Waals surface area contributed by atoms with Crippen LogP contribution in [-0.4, -0.2) is 49.2 Å². The molecule has 1 aliphatic heterocycles. The van der Waals surface area contributed by atoms with Crippen molar-refractivity contribution < 1.29 is 19.1 Å². The molecule has 1 saturated heterocycles. The molecule has 1 atom stereocenters. The van der Waals surface area contributed by atoms with Gasteiger partial charge in [-0.15, -0.1) is 0 Å². The lowest BCUT2D eigenvalue weighted by atomic mass is 10.1. The van der Waals surface area contributed by atoms with E-state index in [0.717, 1.165) is 11.1 Å². The van der Waals surface area contributed by atoms with Crippen LogP contribution in [0.15, 0.2) is 54.6 Å². The van der Waals surface area contributed by atoms with Gasteiger partial charge in [0.2, 0.25) is 0 Å². The molecule has 0 aliphatic carbocycles. The van der Waals surface area contributed by atoms with Gasteiger partial charge in [-0.3, -0.25) is 4.79 Å². The van der Waals surface area contributed by atoms with Crippen molar-refractivity contribution in [3.63, 3.8) is 0 Å². The normalized spacial score (nSPS) is 15.6. The Hall–Kier alpha value is -3.02. The van der Waals surface area contributed by atoms with Crippen LogP contribution in [0.2, 0.25) is 0 Å². The average Bonchev–Trinajstić information content (AvgIpc) is 2.75. The minimum atomic E-state index is -0.596. The molecule has 1 unspecified atom stereocenters. The van der Waals surface area contributed by atoms with Gasteiger partial charge < -0.3 is 19.7 Å². The number of nitrogens with one attached hydrogen (secondary N) is 1. The molecule has 1 heterocycles. The Morgan fingerprint density at radius 2 is 1.61 bits per heavy atom. The SMILES string of the molecule is COC(=O)N1CCC(NC(=O)C(C)Oc2ccc(-c3ccccc3)cc2)CC1. The van der Waals surface area contributed by atoms with Crippen LogP contribution in [0.1, 0.15) is 19.8 Å². The summed E-state index contributed by atoms with van der Waals surface area (Å²) in [4.78, 5) is 25.6. The first-order valence-electron chi connectivity index (χ1n) is 9.52. The Kier molecular flexibility index (Phi) is 6.53. The molecule has 0 aromatic heterocycles. The van der Waals surface area contributed by atoms with Crippen LogP contribution < -0.4 is 10.1 Å². The van der Waals surface area contributed by atoms with Crippen LogP contribution in [0.5, 0.6) is 5.75 Å². The number of piperidine rings is 1. The summed E-state index contributed by atoms with van der Waals surface area (Å²) in [6.45, 7) is 2.89. The summed E-state index contributed by atoms with van der Waals surface area (Å²) >= 11 is 0. The van der Waals surface area contributed by atoms with Crippen molar-refractivity contribution in [2.45, 2.75) is 31.9 Å². The van der Waals surface area contributed by atoms with Crippen LogP contribution in [-0.2, 0) is 9.53 Å². The Balaban J connectivity index is 1.49. The van der Waals surface area contributed by atoms with E-state index in [2.05, 4.69) is 17.4 Å². The fourth-order valence-corrected chi connectivity index (χ4v) is 3.27. The molecule has 28 heavy (non-hydrogen) atoms. The molecule has 1 aliphatic rings. The van der Waals surface area contributed by atoms with Crippen molar-refractivity contribution >= 4 is 12.0 Å². The number of amides is 2. The Bertz CT molecular complexity index is 784. The minimum absolute atomic E-state index is 0.0416. The molecule has 2 aromatic carbocycles. The molecule has 148 valence electrons. The smallest absolute Gasteiger partial charge is 0.409 e. The molecule has 0 spiro atoms. The molecule has 0 bridgehead atoms. The first kappa shape index (κ1) is 19.7. The third kappa shape index (κ3) is 5.03. The third-order valence-electron chi connectivity index (χ3n) is 4.92. The zero-order chi connectivity index (χ0) is 19.9. The van der Waals surface area contributed by atoms with Crippen LogP contribution in [0, 0.1) is 0 Å². The molecule has 2 amide bonds. The second kappa shape index (κ2) is 9.26. The van der Waals surface area contributed by atoms with Gasteiger partial charge in [0.1, 0.15) is 5.75 Å². The lowest BCUT2D eigenvalue weighted by Crippen LogP contribution is -2.49. The van der Waals surface area contributed by atoms with E-state index in [4.69, 9.17) is 9.47 Å². The first-order chi connectivity index (χ1) is 13.6. The van der Waals surface area contributed by atoms with E-state index in [-0.39, 0.29) is 18.0 Å².